The molecule has 0 saturated carbocycles. The Balaban J connectivity index is 1.99. The van der Waals surface area contributed by atoms with Crippen LogP contribution in [0.2, 0.25) is 0 Å². The van der Waals surface area contributed by atoms with Gasteiger partial charge in [-0.1, -0.05) is 19.1 Å². The predicted octanol–water partition coefficient (Wildman–Crippen LogP) is 2.11. The van der Waals surface area contributed by atoms with Crippen LogP contribution >= 0.6 is 0 Å². The van der Waals surface area contributed by atoms with Gasteiger partial charge in [-0.05, 0) is 43.5 Å². The summed E-state index contributed by atoms with van der Waals surface area (Å²) in [5, 5.41) is 2.96. The van der Waals surface area contributed by atoms with Gasteiger partial charge < -0.3 is 10.1 Å². The summed E-state index contributed by atoms with van der Waals surface area (Å²) in [5.74, 6) is 0. The lowest BCUT2D eigenvalue weighted by molar-refractivity contribution is 0.0984. The van der Waals surface area contributed by atoms with Crippen LogP contribution in [0.4, 0.5) is 5.69 Å². The summed E-state index contributed by atoms with van der Waals surface area (Å²) in [5.41, 5.74) is 1.72. The van der Waals surface area contributed by atoms with E-state index in [2.05, 4.69) is 17.0 Å². The molecule has 1 saturated heterocycles. The minimum absolute atomic E-state index is 0.354. The molecule has 6 heteroatoms. The predicted molar refractivity (Wildman–Crippen MR) is 84.8 cm³/mol. The van der Waals surface area contributed by atoms with E-state index in [1.807, 2.05) is 18.2 Å². The lowest BCUT2D eigenvalue weighted by atomic mass is 10.2. The van der Waals surface area contributed by atoms with Gasteiger partial charge in [-0.2, -0.15) is 0 Å². The topological polar surface area (TPSA) is 67.4 Å². The van der Waals surface area contributed by atoms with Crippen LogP contribution in [0.3, 0.4) is 0 Å². The van der Waals surface area contributed by atoms with Gasteiger partial charge in [0.2, 0.25) is 10.0 Å². The number of rotatable bonds is 7. The molecule has 1 heterocycles. The molecule has 1 aliphatic heterocycles. The third-order valence-corrected chi connectivity index (χ3v) is 5.42. The molecule has 2 N–H and O–H groups in total. The molecule has 0 aliphatic carbocycles. The number of benzene rings is 1. The Morgan fingerprint density at radius 3 is 2.76 bits per heavy atom. The molecule has 0 bridgehead atoms. The fraction of sp³-hybridized carbons (Fsp3) is 0.600. The van der Waals surface area contributed by atoms with E-state index >= 15 is 0 Å². The van der Waals surface area contributed by atoms with E-state index in [0.717, 1.165) is 25.1 Å². The molecule has 2 rings (SSSR count). The molecule has 5 nitrogen and oxygen atoms in total. The summed E-state index contributed by atoms with van der Waals surface area (Å²) in [6, 6.07) is 7.55. The van der Waals surface area contributed by atoms with Crippen molar-refractivity contribution in [3.05, 3.63) is 29.8 Å². The second-order valence-electron chi connectivity index (χ2n) is 5.34. The fourth-order valence-corrected chi connectivity index (χ4v) is 3.82. The monoisotopic (exact) mass is 312 g/mol. The second-order valence-corrected chi connectivity index (χ2v) is 7.30. The van der Waals surface area contributed by atoms with Gasteiger partial charge in [-0.25, -0.2) is 8.42 Å². The van der Waals surface area contributed by atoms with Crippen molar-refractivity contribution in [3.63, 3.8) is 0 Å². The van der Waals surface area contributed by atoms with Crippen molar-refractivity contribution in [3.8, 4) is 0 Å². The molecule has 0 aromatic heterocycles. The zero-order valence-corrected chi connectivity index (χ0v) is 13.3. The van der Waals surface area contributed by atoms with E-state index in [9.17, 15) is 8.42 Å². The Hall–Kier alpha value is -1.11. The molecule has 0 unspecified atom stereocenters. The largest absolute Gasteiger partial charge is 0.381 e. The third-order valence-electron chi connectivity index (χ3n) is 3.55. The summed E-state index contributed by atoms with van der Waals surface area (Å²) >= 11 is 0. The Morgan fingerprint density at radius 1 is 1.29 bits per heavy atom. The zero-order chi connectivity index (χ0) is 15.1. The number of anilines is 1. The van der Waals surface area contributed by atoms with Crippen molar-refractivity contribution in [1.82, 2.24) is 5.32 Å². The number of sulfonamides is 1. The van der Waals surface area contributed by atoms with Gasteiger partial charge in [-0.15, -0.1) is 0 Å². The molecule has 118 valence electrons. The Labute approximate surface area is 127 Å². The molecule has 1 aromatic rings. The lowest BCUT2D eigenvalue weighted by Crippen LogP contribution is -2.33. The van der Waals surface area contributed by atoms with E-state index in [1.165, 1.54) is 0 Å². The highest BCUT2D eigenvalue weighted by molar-refractivity contribution is 7.93. The molecular weight excluding hydrogens is 288 g/mol. The maximum atomic E-state index is 12.3. The maximum absolute atomic E-state index is 12.3. The van der Waals surface area contributed by atoms with Gasteiger partial charge in [-0.3, -0.25) is 4.72 Å². The standard InChI is InChI=1S/C15H24N2O3S/c1-2-8-16-12-13-4-3-5-14(11-13)17-21(18,19)15-6-9-20-10-7-15/h3-5,11,15-17H,2,6-10,12H2,1H3. The van der Waals surface area contributed by atoms with Crippen molar-refractivity contribution < 1.29 is 13.2 Å². The van der Waals surface area contributed by atoms with Crippen LogP contribution in [0.15, 0.2) is 24.3 Å². The summed E-state index contributed by atoms with van der Waals surface area (Å²) in [6.07, 6.45) is 2.20. The maximum Gasteiger partial charge on any atom is 0.235 e. The highest BCUT2D eigenvalue weighted by Gasteiger charge is 2.27. The molecule has 21 heavy (non-hydrogen) atoms. The SMILES string of the molecule is CCCNCc1cccc(NS(=O)(=O)C2CCOCC2)c1. The fourth-order valence-electron chi connectivity index (χ4n) is 2.39. The van der Waals surface area contributed by atoms with E-state index in [4.69, 9.17) is 4.74 Å². The van der Waals surface area contributed by atoms with Gasteiger partial charge in [0.1, 0.15) is 0 Å². The highest BCUT2D eigenvalue weighted by Crippen LogP contribution is 2.20. The van der Waals surface area contributed by atoms with Crippen LogP contribution < -0.4 is 10.0 Å². The van der Waals surface area contributed by atoms with Gasteiger partial charge in [0.15, 0.2) is 0 Å². The summed E-state index contributed by atoms with van der Waals surface area (Å²) in [7, 11) is -3.33. The van der Waals surface area contributed by atoms with Gasteiger partial charge in [0.05, 0.1) is 5.25 Å². The summed E-state index contributed by atoms with van der Waals surface area (Å²) < 4.78 is 32.6. The molecule has 0 spiro atoms. The Morgan fingerprint density at radius 2 is 2.05 bits per heavy atom. The van der Waals surface area contributed by atoms with Crippen molar-refractivity contribution in [2.75, 3.05) is 24.5 Å². The number of nitrogens with one attached hydrogen (secondary N) is 2. The van der Waals surface area contributed by atoms with E-state index in [0.29, 0.717) is 31.7 Å². The Kier molecular flexibility index (Phi) is 6.02. The minimum atomic E-state index is -3.33. The summed E-state index contributed by atoms with van der Waals surface area (Å²) in [6.45, 7) is 4.86. The smallest absolute Gasteiger partial charge is 0.235 e. The first-order chi connectivity index (χ1) is 10.1. The first-order valence-corrected chi connectivity index (χ1v) is 9.05. The first kappa shape index (κ1) is 16.3. The van der Waals surface area contributed by atoms with Gasteiger partial charge >= 0.3 is 0 Å². The molecule has 1 aliphatic rings. The lowest BCUT2D eigenvalue weighted by Gasteiger charge is -2.22. The van der Waals surface area contributed by atoms with E-state index in [-0.39, 0.29) is 5.25 Å². The van der Waals surface area contributed by atoms with Crippen molar-refractivity contribution in [2.45, 2.75) is 38.0 Å². The number of hydrogen-bond acceptors (Lipinski definition) is 4. The molecule has 1 aromatic carbocycles. The quantitative estimate of drug-likeness (QED) is 0.757. The third kappa shape index (κ3) is 4.98. The van der Waals surface area contributed by atoms with Crippen LogP contribution in [-0.2, 0) is 21.3 Å². The van der Waals surface area contributed by atoms with Gasteiger partial charge in [0.25, 0.3) is 0 Å². The van der Waals surface area contributed by atoms with Crippen molar-refractivity contribution in [1.29, 1.82) is 0 Å². The molecule has 0 atom stereocenters. The highest BCUT2D eigenvalue weighted by atomic mass is 32.2. The average Bonchev–Trinajstić information content (AvgIpc) is 2.48. The average molecular weight is 312 g/mol. The minimum Gasteiger partial charge on any atom is -0.381 e. The molecule has 1 fully saturated rings. The number of hydrogen-bond donors (Lipinski definition) is 2. The second kappa shape index (κ2) is 7.77. The van der Waals surface area contributed by atoms with Crippen molar-refractivity contribution in [2.24, 2.45) is 0 Å². The number of ether oxygens (including phenoxy) is 1. The Bertz CT molecular complexity index is 540. The van der Waals surface area contributed by atoms with Crippen LogP contribution in [0.25, 0.3) is 0 Å². The van der Waals surface area contributed by atoms with Crippen molar-refractivity contribution >= 4 is 15.7 Å². The van der Waals surface area contributed by atoms with Gasteiger partial charge in [0, 0.05) is 25.4 Å². The molecular formula is C15H24N2O3S. The van der Waals surface area contributed by atoms with Crippen LogP contribution in [0, 0.1) is 0 Å². The molecule has 0 amide bonds. The normalized spacial score (nSPS) is 16.8. The van der Waals surface area contributed by atoms with E-state index < -0.39 is 10.0 Å². The molecule has 0 radical (unpaired) electrons. The van der Waals surface area contributed by atoms with Crippen LogP contribution in [0.1, 0.15) is 31.7 Å². The summed E-state index contributed by atoms with van der Waals surface area (Å²) in [4.78, 5) is 0. The van der Waals surface area contributed by atoms with Crippen LogP contribution in [0.5, 0.6) is 0 Å². The van der Waals surface area contributed by atoms with Crippen LogP contribution in [-0.4, -0.2) is 33.4 Å². The zero-order valence-electron chi connectivity index (χ0n) is 12.5. The first-order valence-electron chi connectivity index (χ1n) is 7.51. The van der Waals surface area contributed by atoms with E-state index in [1.54, 1.807) is 6.07 Å².